The molecule has 0 bridgehead atoms. The molecule has 1 aliphatic rings. The highest BCUT2D eigenvalue weighted by Gasteiger charge is 2.28. The number of aromatic hydroxyl groups is 3. The van der Waals surface area contributed by atoms with E-state index in [9.17, 15) is 24.9 Å². The standard InChI is InChI=1S/C18H14O5.C12H12O4/c1-8(2)14-7-11-13(22-14)4-3-10-17(21)16-12(20)5-9(19)6-15(16)23-18(10)11;1-6(2)10-5-8-9(16-10)4-3-7(11(8)13)12(14)15/h3-8,19-20H,1-2H3;3-4,10,13H,1,5H2,2H3,(H,14,15)/t;10-/m.1/s1. The van der Waals surface area contributed by atoms with Gasteiger partial charge in [0.25, 0.3) is 0 Å². The lowest BCUT2D eigenvalue weighted by Crippen LogP contribution is -2.13. The molecule has 0 aliphatic carbocycles. The van der Waals surface area contributed by atoms with Gasteiger partial charge in [0.05, 0.1) is 10.8 Å². The summed E-state index contributed by atoms with van der Waals surface area (Å²) >= 11 is 0. The van der Waals surface area contributed by atoms with Gasteiger partial charge in [0.2, 0.25) is 5.43 Å². The normalized spacial score (nSPS) is 14.3. The molecule has 5 aromatic rings. The highest BCUT2D eigenvalue weighted by molar-refractivity contribution is 6.06. The van der Waals surface area contributed by atoms with E-state index >= 15 is 0 Å². The molecule has 0 saturated heterocycles. The van der Waals surface area contributed by atoms with Crippen molar-refractivity contribution in [3.63, 3.8) is 0 Å². The van der Waals surface area contributed by atoms with Crippen molar-refractivity contribution >= 4 is 38.9 Å². The number of hydrogen-bond donors (Lipinski definition) is 4. The second-order valence-electron chi connectivity index (χ2n) is 9.83. The SMILES string of the molecule is C=C(C)[C@H]1Cc2c(ccc(C(=O)O)c2O)O1.CC(C)c1cc2c(ccc3c(=O)c4c(O)cc(O)cc4oc32)o1. The number of carboxylic acid groups (broad SMARTS) is 1. The maximum atomic E-state index is 12.7. The first-order valence-electron chi connectivity index (χ1n) is 12.2. The number of phenolic OH excluding ortho intramolecular Hbond substituents is 2. The number of rotatable bonds is 3. The minimum atomic E-state index is -1.14. The molecule has 9 heteroatoms. The molecule has 2 aromatic heterocycles. The number of aromatic carboxylic acids is 1. The Balaban J connectivity index is 0.000000169. The Labute approximate surface area is 221 Å². The van der Waals surface area contributed by atoms with Crippen LogP contribution in [0.2, 0.25) is 0 Å². The monoisotopic (exact) mass is 530 g/mol. The third-order valence-corrected chi connectivity index (χ3v) is 6.67. The fourth-order valence-electron chi connectivity index (χ4n) is 4.57. The van der Waals surface area contributed by atoms with Gasteiger partial charge in [-0.05, 0) is 42.8 Å². The van der Waals surface area contributed by atoms with Gasteiger partial charge in [-0.15, -0.1) is 0 Å². The number of carboxylic acids is 1. The number of fused-ring (bicyclic) bond motifs is 5. The number of benzene rings is 3. The Kier molecular flexibility index (Phi) is 6.22. The minimum Gasteiger partial charge on any atom is -0.508 e. The molecule has 0 radical (unpaired) electrons. The van der Waals surface area contributed by atoms with Crippen LogP contribution in [-0.4, -0.2) is 32.5 Å². The Morgan fingerprint density at radius 3 is 2.41 bits per heavy atom. The molecule has 9 nitrogen and oxygen atoms in total. The fraction of sp³-hybridized carbons (Fsp3) is 0.200. The number of hydrogen-bond acceptors (Lipinski definition) is 8. The van der Waals surface area contributed by atoms with Crippen LogP contribution in [0.5, 0.6) is 23.0 Å². The van der Waals surface area contributed by atoms with Gasteiger partial charge in [0.1, 0.15) is 62.6 Å². The molecular formula is C30H26O9. The minimum absolute atomic E-state index is 0.0576. The molecule has 0 saturated carbocycles. The van der Waals surface area contributed by atoms with E-state index in [2.05, 4.69) is 6.58 Å². The van der Waals surface area contributed by atoms with Crippen molar-refractivity contribution in [2.24, 2.45) is 0 Å². The summed E-state index contributed by atoms with van der Waals surface area (Å²) in [6, 6.07) is 10.6. The summed E-state index contributed by atoms with van der Waals surface area (Å²) in [4.78, 5) is 23.5. The van der Waals surface area contributed by atoms with Crippen LogP contribution in [0, 0.1) is 0 Å². The van der Waals surface area contributed by atoms with Crippen molar-refractivity contribution in [2.45, 2.75) is 39.2 Å². The molecule has 0 fully saturated rings. The van der Waals surface area contributed by atoms with Crippen molar-refractivity contribution < 1.29 is 38.8 Å². The van der Waals surface area contributed by atoms with Gasteiger partial charge in [0, 0.05) is 30.0 Å². The van der Waals surface area contributed by atoms with E-state index in [0.717, 1.165) is 17.4 Å². The second-order valence-corrected chi connectivity index (χ2v) is 9.83. The van der Waals surface area contributed by atoms with Gasteiger partial charge in [-0.2, -0.15) is 0 Å². The fourth-order valence-corrected chi connectivity index (χ4v) is 4.57. The molecule has 3 aromatic carbocycles. The predicted octanol–water partition coefficient (Wildman–Crippen LogP) is 6.20. The van der Waals surface area contributed by atoms with Gasteiger partial charge in [-0.1, -0.05) is 20.4 Å². The maximum Gasteiger partial charge on any atom is 0.339 e. The summed E-state index contributed by atoms with van der Waals surface area (Å²) in [6.45, 7) is 9.65. The van der Waals surface area contributed by atoms with E-state index in [-0.39, 0.29) is 51.2 Å². The number of furan rings is 1. The average molecular weight is 531 g/mol. The van der Waals surface area contributed by atoms with E-state index in [0.29, 0.717) is 39.7 Å². The summed E-state index contributed by atoms with van der Waals surface area (Å²) in [5.41, 5.74) is 2.13. The summed E-state index contributed by atoms with van der Waals surface area (Å²) in [6.07, 6.45) is 0.294. The third-order valence-electron chi connectivity index (χ3n) is 6.67. The Morgan fingerprint density at radius 1 is 1.00 bits per heavy atom. The molecule has 4 N–H and O–H groups in total. The zero-order chi connectivity index (χ0) is 28.2. The van der Waals surface area contributed by atoms with Crippen LogP contribution < -0.4 is 10.2 Å². The van der Waals surface area contributed by atoms with Crippen LogP contribution in [0.4, 0.5) is 0 Å². The summed E-state index contributed by atoms with van der Waals surface area (Å²) < 4.78 is 17.1. The van der Waals surface area contributed by atoms with Gasteiger partial charge in [-0.3, -0.25) is 4.79 Å². The molecule has 1 aliphatic heterocycles. The first kappa shape index (κ1) is 25.7. The van der Waals surface area contributed by atoms with Crippen molar-refractivity contribution in [1.29, 1.82) is 0 Å². The Bertz CT molecular complexity index is 1860. The lowest BCUT2D eigenvalue weighted by atomic mass is 10.0. The van der Waals surface area contributed by atoms with Crippen LogP contribution in [0.1, 0.15) is 48.4 Å². The van der Waals surface area contributed by atoms with Crippen LogP contribution in [0.3, 0.4) is 0 Å². The molecule has 0 amide bonds. The first-order chi connectivity index (χ1) is 18.5. The molecular weight excluding hydrogens is 504 g/mol. The highest BCUT2D eigenvalue weighted by Crippen LogP contribution is 2.39. The summed E-state index contributed by atoms with van der Waals surface area (Å²) in [5.74, 6) is -0.263. The summed E-state index contributed by atoms with van der Waals surface area (Å²) in [5, 5.41) is 39.3. The number of ether oxygens (including phenoxy) is 1. The molecule has 200 valence electrons. The van der Waals surface area contributed by atoms with Crippen molar-refractivity contribution in [2.75, 3.05) is 0 Å². The van der Waals surface area contributed by atoms with Gasteiger partial charge in [0.15, 0.2) is 0 Å². The van der Waals surface area contributed by atoms with Crippen molar-refractivity contribution in [3.05, 3.63) is 81.7 Å². The molecule has 0 spiro atoms. The van der Waals surface area contributed by atoms with Crippen LogP contribution in [0.15, 0.2) is 68.2 Å². The first-order valence-corrected chi connectivity index (χ1v) is 12.2. The van der Waals surface area contributed by atoms with Crippen LogP contribution >= 0.6 is 0 Å². The van der Waals surface area contributed by atoms with Gasteiger partial charge in [-0.25, -0.2) is 4.79 Å². The van der Waals surface area contributed by atoms with E-state index in [1.165, 1.54) is 12.1 Å². The largest absolute Gasteiger partial charge is 0.508 e. The van der Waals surface area contributed by atoms with E-state index in [1.807, 2.05) is 26.8 Å². The third kappa shape index (κ3) is 4.41. The number of phenols is 3. The number of carbonyl (C=O) groups is 1. The lowest BCUT2D eigenvalue weighted by Gasteiger charge is -2.08. The Morgan fingerprint density at radius 2 is 1.74 bits per heavy atom. The van der Waals surface area contributed by atoms with Crippen molar-refractivity contribution in [1.82, 2.24) is 0 Å². The average Bonchev–Trinajstić information content (AvgIpc) is 3.50. The smallest absolute Gasteiger partial charge is 0.339 e. The van der Waals surface area contributed by atoms with E-state index < -0.39 is 5.97 Å². The Hall–Kier alpha value is -4.92. The van der Waals surface area contributed by atoms with E-state index in [4.69, 9.17) is 18.7 Å². The molecule has 39 heavy (non-hydrogen) atoms. The molecule has 3 heterocycles. The second kappa shape index (κ2) is 9.43. The van der Waals surface area contributed by atoms with E-state index in [1.54, 1.807) is 18.2 Å². The predicted molar refractivity (Wildman–Crippen MR) is 145 cm³/mol. The van der Waals surface area contributed by atoms with Crippen LogP contribution in [-0.2, 0) is 6.42 Å². The zero-order valence-corrected chi connectivity index (χ0v) is 21.4. The van der Waals surface area contributed by atoms with Gasteiger partial charge >= 0.3 is 5.97 Å². The van der Waals surface area contributed by atoms with Crippen LogP contribution in [0.25, 0.3) is 32.9 Å². The molecule has 1 atom stereocenters. The summed E-state index contributed by atoms with van der Waals surface area (Å²) in [7, 11) is 0. The lowest BCUT2D eigenvalue weighted by molar-refractivity contribution is 0.0693. The maximum absolute atomic E-state index is 12.7. The van der Waals surface area contributed by atoms with Gasteiger partial charge < -0.3 is 34.0 Å². The quantitative estimate of drug-likeness (QED) is 0.158. The topological polar surface area (TPSA) is 151 Å². The van der Waals surface area contributed by atoms with Crippen molar-refractivity contribution in [3.8, 4) is 23.0 Å². The molecule has 6 rings (SSSR count). The molecule has 0 unspecified atom stereocenters. The zero-order valence-electron chi connectivity index (χ0n) is 21.4. The highest BCUT2D eigenvalue weighted by atomic mass is 16.5.